The van der Waals surface area contributed by atoms with Crippen LogP contribution in [0.25, 0.3) is 0 Å². The zero-order valence-electron chi connectivity index (χ0n) is 15.4. The monoisotopic (exact) mass is 369 g/mol. The van der Waals surface area contributed by atoms with Crippen LogP contribution < -0.4 is 0 Å². The number of hydrogen-bond donors (Lipinski definition) is 2. The van der Waals surface area contributed by atoms with Gasteiger partial charge in [-0.25, -0.2) is 0 Å². The maximum atomic E-state index is 10.9. The molecule has 2 heterocycles. The van der Waals surface area contributed by atoms with Gasteiger partial charge in [-0.3, -0.25) is 4.90 Å². The lowest BCUT2D eigenvalue weighted by molar-refractivity contribution is -0.187. The van der Waals surface area contributed by atoms with Crippen LogP contribution in [0.15, 0.2) is 60.7 Å². The van der Waals surface area contributed by atoms with Gasteiger partial charge in [-0.2, -0.15) is 0 Å². The molecule has 5 nitrogen and oxygen atoms in total. The number of ether oxygens (including phenoxy) is 2. The third kappa shape index (κ3) is 4.23. The van der Waals surface area contributed by atoms with Gasteiger partial charge in [-0.15, -0.1) is 0 Å². The summed E-state index contributed by atoms with van der Waals surface area (Å²) in [6.45, 7) is 2.33. The number of rotatable bonds is 6. The first-order chi connectivity index (χ1) is 13.2. The molecule has 2 aromatic carbocycles. The summed E-state index contributed by atoms with van der Waals surface area (Å²) in [6.07, 6.45) is -1.33. The maximum Gasteiger partial charge on any atom is 0.113 e. The van der Waals surface area contributed by atoms with Gasteiger partial charge in [0.1, 0.15) is 12.2 Å². The Balaban J connectivity index is 1.47. The lowest BCUT2D eigenvalue weighted by atomic mass is 9.92. The van der Waals surface area contributed by atoms with E-state index in [9.17, 15) is 10.2 Å². The second kappa shape index (κ2) is 8.50. The molecule has 2 saturated heterocycles. The molecule has 0 bridgehead atoms. The lowest BCUT2D eigenvalue weighted by Crippen LogP contribution is -2.62. The van der Waals surface area contributed by atoms with Crippen molar-refractivity contribution in [2.45, 2.75) is 50.1 Å². The van der Waals surface area contributed by atoms with Crippen molar-refractivity contribution in [2.24, 2.45) is 0 Å². The van der Waals surface area contributed by atoms with Crippen LogP contribution in [0.3, 0.4) is 0 Å². The lowest BCUT2D eigenvalue weighted by Gasteiger charge is -2.44. The van der Waals surface area contributed by atoms with E-state index in [1.807, 2.05) is 60.7 Å². The molecule has 0 spiro atoms. The smallest absolute Gasteiger partial charge is 0.113 e. The van der Waals surface area contributed by atoms with E-state index in [4.69, 9.17) is 9.47 Å². The number of fused-ring (bicyclic) bond motifs is 1. The van der Waals surface area contributed by atoms with E-state index in [0.717, 1.165) is 17.7 Å². The summed E-state index contributed by atoms with van der Waals surface area (Å²) in [5, 5.41) is 21.2. The zero-order chi connectivity index (χ0) is 18.6. The molecule has 4 rings (SSSR count). The maximum absolute atomic E-state index is 10.9. The standard InChI is InChI=1S/C22H27NO4/c24-18-11-12-23-13-19(26-14-16-7-3-1-4-8-16)22(21(25)20(18)23)27-15-17-9-5-2-6-10-17/h1-10,18-22,24-25H,11-15H2/t18-,19-,20+,21+,22+/m0/s1. The van der Waals surface area contributed by atoms with Crippen LogP contribution in [0.5, 0.6) is 0 Å². The highest BCUT2D eigenvalue weighted by Crippen LogP contribution is 2.31. The first-order valence-electron chi connectivity index (χ1n) is 9.63. The fourth-order valence-corrected chi connectivity index (χ4v) is 4.16. The SMILES string of the molecule is O[C@H]1[C@H](OCc2ccccc2)[C@@H](OCc2ccccc2)CN2CC[C@H](O)[C@H]12. The molecule has 2 fully saturated rings. The molecule has 0 aromatic heterocycles. The average molecular weight is 369 g/mol. The van der Waals surface area contributed by atoms with Crippen molar-refractivity contribution in [1.82, 2.24) is 4.90 Å². The van der Waals surface area contributed by atoms with E-state index >= 15 is 0 Å². The summed E-state index contributed by atoms with van der Waals surface area (Å²) >= 11 is 0. The van der Waals surface area contributed by atoms with Crippen LogP contribution >= 0.6 is 0 Å². The van der Waals surface area contributed by atoms with E-state index in [1.54, 1.807) is 0 Å². The number of aliphatic hydroxyl groups excluding tert-OH is 2. The van der Waals surface area contributed by atoms with Crippen LogP contribution in [0.1, 0.15) is 17.5 Å². The number of piperidine rings is 1. The van der Waals surface area contributed by atoms with Gasteiger partial charge in [0, 0.05) is 13.1 Å². The van der Waals surface area contributed by atoms with Crippen molar-refractivity contribution in [2.75, 3.05) is 13.1 Å². The molecule has 0 radical (unpaired) electrons. The molecule has 5 heteroatoms. The highest BCUT2D eigenvalue weighted by Gasteiger charge is 2.49. The summed E-state index contributed by atoms with van der Waals surface area (Å²) in [5.74, 6) is 0. The molecule has 2 aliphatic heterocycles. The molecule has 2 aliphatic rings. The highest BCUT2D eigenvalue weighted by molar-refractivity contribution is 5.15. The van der Waals surface area contributed by atoms with Gasteiger partial charge >= 0.3 is 0 Å². The van der Waals surface area contributed by atoms with Crippen molar-refractivity contribution in [1.29, 1.82) is 0 Å². The van der Waals surface area contributed by atoms with Crippen LogP contribution in [0.4, 0.5) is 0 Å². The molecule has 144 valence electrons. The van der Waals surface area contributed by atoms with E-state index in [2.05, 4.69) is 4.90 Å². The molecule has 27 heavy (non-hydrogen) atoms. The first kappa shape index (κ1) is 18.6. The molecule has 0 unspecified atom stereocenters. The van der Waals surface area contributed by atoms with Gasteiger partial charge in [0.25, 0.3) is 0 Å². The fourth-order valence-electron chi connectivity index (χ4n) is 4.16. The third-order valence-corrected chi connectivity index (χ3v) is 5.59. The van der Waals surface area contributed by atoms with Gasteiger partial charge in [0.05, 0.1) is 31.5 Å². The van der Waals surface area contributed by atoms with Crippen LogP contribution in [0, 0.1) is 0 Å². The summed E-state index contributed by atoms with van der Waals surface area (Å²) in [5.41, 5.74) is 2.15. The summed E-state index contributed by atoms with van der Waals surface area (Å²) in [7, 11) is 0. The van der Waals surface area contributed by atoms with Gasteiger partial charge in [-0.1, -0.05) is 60.7 Å². The third-order valence-electron chi connectivity index (χ3n) is 5.59. The van der Waals surface area contributed by atoms with Crippen LogP contribution in [0.2, 0.25) is 0 Å². The van der Waals surface area contributed by atoms with Crippen molar-refractivity contribution in [3.8, 4) is 0 Å². The van der Waals surface area contributed by atoms with Crippen molar-refractivity contribution >= 4 is 0 Å². The largest absolute Gasteiger partial charge is 0.391 e. The Morgan fingerprint density at radius 3 is 2.07 bits per heavy atom. The van der Waals surface area contributed by atoms with Crippen molar-refractivity contribution in [3.63, 3.8) is 0 Å². The Bertz CT molecular complexity index is 711. The number of hydrogen-bond acceptors (Lipinski definition) is 5. The van der Waals surface area contributed by atoms with Crippen LogP contribution in [-0.2, 0) is 22.7 Å². The van der Waals surface area contributed by atoms with E-state index in [-0.39, 0.29) is 12.1 Å². The minimum atomic E-state index is -0.777. The molecule has 0 saturated carbocycles. The Morgan fingerprint density at radius 2 is 1.44 bits per heavy atom. The van der Waals surface area contributed by atoms with Crippen molar-refractivity contribution < 1.29 is 19.7 Å². The second-order valence-corrected chi connectivity index (χ2v) is 7.43. The molecule has 0 aliphatic carbocycles. The molecule has 2 N–H and O–H groups in total. The number of benzene rings is 2. The second-order valence-electron chi connectivity index (χ2n) is 7.43. The van der Waals surface area contributed by atoms with Gasteiger partial charge in [0.2, 0.25) is 0 Å². The Labute approximate surface area is 160 Å². The number of nitrogens with zero attached hydrogens (tertiary/aromatic N) is 1. The predicted molar refractivity (Wildman–Crippen MR) is 102 cm³/mol. The van der Waals surface area contributed by atoms with E-state index < -0.39 is 18.3 Å². The van der Waals surface area contributed by atoms with Gasteiger partial charge < -0.3 is 19.7 Å². The molecule has 5 atom stereocenters. The summed E-state index contributed by atoms with van der Waals surface area (Å²) < 4.78 is 12.3. The molecule has 0 amide bonds. The fraction of sp³-hybridized carbons (Fsp3) is 0.455. The Hall–Kier alpha value is -1.76. The quantitative estimate of drug-likeness (QED) is 0.815. The summed E-state index contributed by atoms with van der Waals surface area (Å²) in [4.78, 5) is 2.13. The predicted octanol–water partition coefficient (Wildman–Crippen LogP) is 1.97. The van der Waals surface area contributed by atoms with E-state index in [0.29, 0.717) is 26.2 Å². The Morgan fingerprint density at radius 1 is 0.852 bits per heavy atom. The minimum absolute atomic E-state index is 0.245. The van der Waals surface area contributed by atoms with Crippen molar-refractivity contribution in [3.05, 3.63) is 71.8 Å². The highest BCUT2D eigenvalue weighted by atomic mass is 16.5. The number of aliphatic hydroxyl groups is 2. The average Bonchev–Trinajstić information content (AvgIpc) is 3.08. The normalized spacial score (nSPS) is 31.0. The topological polar surface area (TPSA) is 62.2 Å². The van der Waals surface area contributed by atoms with E-state index in [1.165, 1.54) is 0 Å². The molecular formula is C22H27NO4. The van der Waals surface area contributed by atoms with Crippen LogP contribution in [-0.4, -0.2) is 58.7 Å². The van der Waals surface area contributed by atoms with Gasteiger partial charge in [0.15, 0.2) is 0 Å². The molecule has 2 aromatic rings. The molecular weight excluding hydrogens is 342 g/mol. The Kier molecular flexibility index (Phi) is 5.86. The first-order valence-corrected chi connectivity index (χ1v) is 9.63. The minimum Gasteiger partial charge on any atom is -0.391 e. The van der Waals surface area contributed by atoms with Gasteiger partial charge in [-0.05, 0) is 17.5 Å². The summed E-state index contributed by atoms with van der Waals surface area (Å²) in [6, 6.07) is 19.7. The zero-order valence-corrected chi connectivity index (χ0v) is 15.4.